The van der Waals surface area contributed by atoms with Gasteiger partial charge in [-0.3, -0.25) is 4.79 Å². The van der Waals surface area contributed by atoms with Crippen LogP contribution in [-0.2, 0) is 17.9 Å². The zero-order chi connectivity index (χ0) is 15.0. The van der Waals surface area contributed by atoms with Crippen LogP contribution in [0, 0.1) is 11.8 Å². The molecule has 0 unspecified atom stereocenters. The fraction of sp³-hybridized carbons (Fsp3) is 0.733. The number of hydrogen-bond donors (Lipinski definition) is 2. The Labute approximate surface area is 122 Å². The molecule has 20 heavy (non-hydrogen) atoms. The van der Waals surface area contributed by atoms with Crippen LogP contribution in [0.25, 0.3) is 0 Å². The molecule has 114 valence electrons. The van der Waals surface area contributed by atoms with E-state index in [-0.39, 0.29) is 5.91 Å². The lowest BCUT2D eigenvalue weighted by Gasteiger charge is -2.11. The summed E-state index contributed by atoms with van der Waals surface area (Å²) in [6.07, 6.45) is 4.61. The van der Waals surface area contributed by atoms with E-state index in [0.717, 1.165) is 25.3 Å². The highest BCUT2D eigenvalue weighted by atomic mass is 16.1. The van der Waals surface area contributed by atoms with Gasteiger partial charge in [-0.1, -0.05) is 27.7 Å². The molecule has 0 fully saturated rings. The zero-order valence-corrected chi connectivity index (χ0v) is 13.1. The second-order valence-corrected chi connectivity index (χ2v) is 6.03. The van der Waals surface area contributed by atoms with E-state index in [9.17, 15) is 4.79 Å². The van der Waals surface area contributed by atoms with Crippen LogP contribution in [0.3, 0.4) is 0 Å². The summed E-state index contributed by atoms with van der Waals surface area (Å²) in [7, 11) is 0. The molecule has 0 aromatic carbocycles. The molecule has 0 saturated heterocycles. The van der Waals surface area contributed by atoms with Crippen molar-refractivity contribution in [3.8, 4) is 0 Å². The Balaban J connectivity index is 2.36. The summed E-state index contributed by atoms with van der Waals surface area (Å²) in [5.74, 6) is 2.18. The van der Waals surface area contributed by atoms with Crippen LogP contribution in [-0.4, -0.2) is 28.5 Å². The minimum Gasteiger partial charge on any atom is -0.355 e. The molecule has 1 aromatic heterocycles. The minimum absolute atomic E-state index is 0.0498. The van der Waals surface area contributed by atoms with Crippen molar-refractivity contribution in [1.82, 2.24) is 20.2 Å². The fourth-order valence-corrected chi connectivity index (χ4v) is 1.83. The zero-order valence-electron chi connectivity index (χ0n) is 13.1. The third-order valence-electron chi connectivity index (χ3n) is 3.00. The molecule has 1 rings (SSSR count). The Kier molecular flexibility index (Phi) is 7.30. The summed E-state index contributed by atoms with van der Waals surface area (Å²) >= 11 is 0. The number of carbonyl (C=O) groups excluding carboxylic acids is 1. The summed E-state index contributed by atoms with van der Waals surface area (Å²) in [6.45, 7) is 11.4. The van der Waals surface area contributed by atoms with Crippen molar-refractivity contribution in [2.45, 2.75) is 47.2 Å². The van der Waals surface area contributed by atoms with Gasteiger partial charge in [-0.2, -0.15) is 0 Å². The summed E-state index contributed by atoms with van der Waals surface area (Å²) in [6, 6.07) is 0. The Bertz CT molecular complexity index is 398. The van der Waals surface area contributed by atoms with Gasteiger partial charge in [-0.25, -0.2) is 4.98 Å². The van der Waals surface area contributed by atoms with Crippen molar-refractivity contribution >= 4 is 5.91 Å². The monoisotopic (exact) mass is 280 g/mol. The van der Waals surface area contributed by atoms with E-state index in [4.69, 9.17) is 0 Å². The van der Waals surface area contributed by atoms with Gasteiger partial charge in [0.1, 0.15) is 12.4 Å². The number of hydrogen-bond acceptors (Lipinski definition) is 3. The predicted octanol–water partition coefficient (Wildman–Crippen LogP) is 1.79. The number of nitrogens with one attached hydrogen (secondary N) is 2. The lowest BCUT2D eigenvalue weighted by atomic mass is 10.1. The molecule has 0 aliphatic heterocycles. The first kappa shape index (κ1) is 16.7. The van der Waals surface area contributed by atoms with Crippen molar-refractivity contribution in [2.75, 3.05) is 13.1 Å². The van der Waals surface area contributed by atoms with E-state index in [2.05, 4.69) is 43.3 Å². The lowest BCUT2D eigenvalue weighted by molar-refractivity contribution is -0.121. The highest BCUT2D eigenvalue weighted by Gasteiger charge is 2.07. The topological polar surface area (TPSA) is 59.0 Å². The van der Waals surface area contributed by atoms with Crippen LogP contribution in [0.15, 0.2) is 12.4 Å². The van der Waals surface area contributed by atoms with E-state index in [1.165, 1.54) is 0 Å². The van der Waals surface area contributed by atoms with Gasteiger partial charge in [0.05, 0.1) is 6.54 Å². The van der Waals surface area contributed by atoms with Crippen molar-refractivity contribution in [3.63, 3.8) is 0 Å². The molecule has 0 saturated carbocycles. The second kappa shape index (κ2) is 8.74. The predicted molar refractivity (Wildman–Crippen MR) is 81.2 cm³/mol. The molecule has 0 aliphatic rings. The van der Waals surface area contributed by atoms with Gasteiger partial charge in [-0.15, -0.1) is 0 Å². The Morgan fingerprint density at radius 1 is 1.30 bits per heavy atom. The van der Waals surface area contributed by atoms with E-state index >= 15 is 0 Å². The molecule has 5 nitrogen and oxygen atoms in total. The Morgan fingerprint density at radius 3 is 2.70 bits per heavy atom. The molecule has 0 aliphatic carbocycles. The molecule has 2 N–H and O–H groups in total. The Hall–Kier alpha value is -1.36. The molecule has 5 heteroatoms. The fourth-order valence-electron chi connectivity index (χ4n) is 1.83. The van der Waals surface area contributed by atoms with Gasteiger partial charge in [0.2, 0.25) is 5.91 Å². The molecule has 1 aromatic rings. The SMILES string of the molecule is CC(C)CCNC(=O)Cn1ccnc1CNCC(C)C. The number of amides is 1. The molecular weight excluding hydrogens is 252 g/mol. The smallest absolute Gasteiger partial charge is 0.239 e. The number of rotatable bonds is 9. The van der Waals surface area contributed by atoms with Crippen LogP contribution in [0.2, 0.25) is 0 Å². The lowest BCUT2D eigenvalue weighted by Crippen LogP contribution is -2.30. The standard InChI is InChI=1S/C15H28N4O/c1-12(2)5-6-18-15(20)11-19-8-7-17-14(19)10-16-9-13(3)4/h7-8,12-13,16H,5-6,9-11H2,1-4H3,(H,18,20). The number of imidazole rings is 1. The number of nitrogens with zero attached hydrogens (tertiary/aromatic N) is 2. The third-order valence-corrected chi connectivity index (χ3v) is 3.00. The average molecular weight is 280 g/mol. The highest BCUT2D eigenvalue weighted by molar-refractivity contribution is 5.75. The second-order valence-electron chi connectivity index (χ2n) is 6.03. The van der Waals surface area contributed by atoms with Gasteiger partial charge in [0, 0.05) is 18.9 Å². The van der Waals surface area contributed by atoms with Crippen molar-refractivity contribution < 1.29 is 4.79 Å². The van der Waals surface area contributed by atoms with Crippen molar-refractivity contribution in [3.05, 3.63) is 18.2 Å². The largest absolute Gasteiger partial charge is 0.355 e. The maximum Gasteiger partial charge on any atom is 0.239 e. The van der Waals surface area contributed by atoms with Crippen LogP contribution in [0.4, 0.5) is 0 Å². The first-order valence-corrected chi connectivity index (χ1v) is 7.46. The van der Waals surface area contributed by atoms with E-state index in [1.807, 2.05) is 10.8 Å². The van der Waals surface area contributed by atoms with Crippen molar-refractivity contribution in [2.24, 2.45) is 11.8 Å². The summed E-state index contributed by atoms with van der Waals surface area (Å²) in [5, 5.41) is 6.29. The molecule has 0 radical (unpaired) electrons. The summed E-state index contributed by atoms with van der Waals surface area (Å²) < 4.78 is 1.90. The Morgan fingerprint density at radius 2 is 2.05 bits per heavy atom. The maximum atomic E-state index is 11.8. The van der Waals surface area contributed by atoms with Gasteiger partial charge in [0.15, 0.2) is 0 Å². The molecular formula is C15H28N4O. The highest BCUT2D eigenvalue weighted by Crippen LogP contribution is 1.99. The molecule has 0 bridgehead atoms. The minimum atomic E-state index is 0.0498. The summed E-state index contributed by atoms with van der Waals surface area (Å²) in [4.78, 5) is 16.1. The number of carbonyl (C=O) groups is 1. The van der Waals surface area contributed by atoms with Crippen LogP contribution < -0.4 is 10.6 Å². The van der Waals surface area contributed by atoms with Gasteiger partial charge < -0.3 is 15.2 Å². The molecule has 0 spiro atoms. The summed E-state index contributed by atoms with van der Waals surface area (Å²) in [5.41, 5.74) is 0. The van der Waals surface area contributed by atoms with Crippen LogP contribution in [0.1, 0.15) is 39.9 Å². The van der Waals surface area contributed by atoms with Gasteiger partial charge in [-0.05, 0) is 24.8 Å². The van der Waals surface area contributed by atoms with Crippen LogP contribution in [0.5, 0.6) is 0 Å². The maximum absolute atomic E-state index is 11.8. The van der Waals surface area contributed by atoms with Gasteiger partial charge >= 0.3 is 0 Å². The first-order valence-electron chi connectivity index (χ1n) is 7.46. The molecule has 0 atom stereocenters. The van der Waals surface area contributed by atoms with Crippen LogP contribution >= 0.6 is 0 Å². The normalized spacial score (nSPS) is 11.3. The first-order chi connectivity index (χ1) is 9.49. The third kappa shape index (κ3) is 6.70. The quantitative estimate of drug-likeness (QED) is 0.725. The van der Waals surface area contributed by atoms with E-state index in [0.29, 0.717) is 24.9 Å². The average Bonchev–Trinajstić information content (AvgIpc) is 2.75. The number of aromatic nitrogens is 2. The molecule has 1 heterocycles. The van der Waals surface area contributed by atoms with E-state index in [1.54, 1.807) is 6.20 Å². The van der Waals surface area contributed by atoms with E-state index < -0.39 is 0 Å². The molecule has 1 amide bonds. The van der Waals surface area contributed by atoms with Gasteiger partial charge in [0.25, 0.3) is 0 Å². The van der Waals surface area contributed by atoms with Crippen molar-refractivity contribution in [1.29, 1.82) is 0 Å².